The Bertz CT molecular complexity index is 761. The van der Waals surface area contributed by atoms with Crippen LogP contribution in [-0.4, -0.2) is 21.0 Å². The van der Waals surface area contributed by atoms with Gasteiger partial charge < -0.3 is 10.1 Å². The molecule has 3 aromatic rings. The highest BCUT2D eigenvalue weighted by Crippen LogP contribution is 2.24. The second-order valence-corrected chi connectivity index (χ2v) is 5.47. The smallest absolute Gasteiger partial charge is 0.229 e. The third-order valence-electron chi connectivity index (χ3n) is 3.55. The number of imidazole rings is 1. The third kappa shape index (κ3) is 2.99. The average Bonchev–Trinajstić information content (AvgIpc) is 2.89. The number of carbonyl (C=O) groups is 1. The molecule has 0 saturated carbocycles. The van der Waals surface area contributed by atoms with E-state index in [0.29, 0.717) is 11.5 Å². The van der Waals surface area contributed by atoms with Crippen molar-refractivity contribution >= 4 is 22.9 Å². The Hall–Kier alpha value is -2.66. The van der Waals surface area contributed by atoms with Crippen molar-refractivity contribution < 1.29 is 9.90 Å². The first kappa shape index (κ1) is 14.3. The van der Waals surface area contributed by atoms with E-state index in [1.165, 1.54) is 0 Å². The number of aliphatic hydroxyl groups is 1. The summed E-state index contributed by atoms with van der Waals surface area (Å²) in [7, 11) is 0. The quantitative estimate of drug-likeness (QED) is 0.692. The van der Waals surface area contributed by atoms with Crippen molar-refractivity contribution in [3.8, 4) is 0 Å². The van der Waals surface area contributed by atoms with Gasteiger partial charge in [-0.05, 0) is 24.6 Å². The predicted molar refractivity (Wildman–Crippen MR) is 85.4 cm³/mol. The van der Waals surface area contributed by atoms with Gasteiger partial charge in [-0.1, -0.05) is 42.5 Å². The minimum Gasteiger partial charge on any atom is -0.385 e. The third-order valence-corrected chi connectivity index (χ3v) is 3.55. The van der Waals surface area contributed by atoms with Crippen LogP contribution in [0.3, 0.4) is 0 Å². The van der Waals surface area contributed by atoms with Gasteiger partial charge in [-0.3, -0.25) is 10.1 Å². The van der Waals surface area contributed by atoms with Crippen LogP contribution in [0.25, 0.3) is 11.0 Å². The first-order valence-electron chi connectivity index (χ1n) is 7.07. The van der Waals surface area contributed by atoms with Crippen LogP contribution < -0.4 is 5.32 Å². The van der Waals surface area contributed by atoms with Crippen LogP contribution in [0, 0.1) is 0 Å². The van der Waals surface area contributed by atoms with Crippen LogP contribution in [0.2, 0.25) is 0 Å². The van der Waals surface area contributed by atoms with E-state index in [9.17, 15) is 9.90 Å². The van der Waals surface area contributed by atoms with Crippen molar-refractivity contribution in [1.82, 2.24) is 9.97 Å². The number of hydrogen-bond donors (Lipinski definition) is 3. The number of carbonyl (C=O) groups excluding carboxylic acids is 1. The van der Waals surface area contributed by atoms with Gasteiger partial charge in [0.15, 0.2) is 0 Å². The fraction of sp³-hybridized carbons (Fsp3) is 0.176. The van der Waals surface area contributed by atoms with Crippen molar-refractivity contribution in [1.29, 1.82) is 0 Å². The Kier molecular flexibility index (Phi) is 3.65. The van der Waals surface area contributed by atoms with E-state index in [4.69, 9.17) is 0 Å². The van der Waals surface area contributed by atoms with Crippen LogP contribution >= 0.6 is 0 Å². The molecule has 0 fully saturated rings. The molecule has 5 heteroatoms. The first-order valence-corrected chi connectivity index (χ1v) is 7.07. The maximum atomic E-state index is 12.1. The lowest BCUT2D eigenvalue weighted by Gasteiger charge is -2.22. The second-order valence-electron chi connectivity index (χ2n) is 5.47. The number of anilines is 1. The summed E-state index contributed by atoms with van der Waals surface area (Å²) in [6, 6.07) is 16.7. The molecule has 0 aliphatic carbocycles. The summed E-state index contributed by atoms with van der Waals surface area (Å²) in [4.78, 5) is 19.5. The molecule has 0 radical (unpaired) electrons. The lowest BCUT2D eigenvalue weighted by atomic mass is 9.92. The van der Waals surface area contributed by atoms with Gasteiger partial charge in [-0.15, -0.1) is 0 Å². The van der Waals surface area contributed by atoms with Gasteiger partial charge in [0.1, 0.15) is 0 Å². The zero-order chi connectivity index (χ0) is 15.6. The van der Waals surface area contributed by atoms with Crippen molar-refractivity contribution in [2.24, 2.45) is 0 Å². The number of hydrogen-bond acceptors (Lipinski definition) is 3. The number of nitrogens with zero attached hydrogens (tertiary/aromatic N) is 1. The van der Waals surface area contributed by atoms with Crippen molar-refractivity contribution in [2.75, 3.05) is 5.32 Å². The molecule has 0 bridgehead atoms. The van der Waals surface area contributed by atoms with E-state index in [0.717, 1.165) is 11.0 Å². The number of rotatable bonds is 4. The lowest BCUT2D eigenvalue weighted by Crippen LogP contribution is -2.28. The largest absolute Gasteiger partial charge is 0.385 e. The van der Waals surface area contributed by atoms with Crippen LogP contribution in [0.15, 0.2) is 54.6 Å². The van der Waals surface area contributed by atoms with Crippen LogP contribution in [0.4, 0.5) is 5.95 Å². The van der Waals surface area contributed by atoms with Crippen LogP contribution in [0.5, 0.6) is 0 Å². The Labute approximate surface area is 128 Å². The Morgan fingerprint density at radius 3 is 2.59 bits per heavy atom. The minimum atomic E-state index is -1.22. The fourth-order valence-corrected chi connectivity index (χ4v) is 2.40. The van der Waals surface area contributed by atoms with Crippen LogP contribution in [-0.2, 0) is 10.4 Å². The molecule has 22 heavy (non-hydrogen) atoms. The van der Waals surface area contributed by atoms with Crippen molar-refractivity contribution in [2.45, 2.75) is 18.9 Å². The Morgan fingerprint density at radius 2 is 1.86 bits per heavy atom. The number of benzene rings is 2. The molecule has 0 saturated heterocycles. The van der Waals surface area contributed by atoms with Gasteiger partial charge in [0, 0.05) is 0 Å². The summed E-state index contributed by atoms with van der Waals surface area (Å²) in [6.45, 7) is 1.63. The van der Waals surface area contributed by atoms with Gasteiger partial charge in [0.05, 0.1) is 23.1 Å². The van der Waals surface area contributed by atoms with Gasteiger partial charge >= 0.3 is 0 Å². The SMILES string of the molecule is CC(O)(CC(=O)Nc1nc2ccccc2[nH]1)c1ccccc1. The maximum absolute atomic E-state index is 12.1. The standard InChI is InChI=1S/C17H17N3O2/c1-17(22,12-7-3-2-4-8-12)11-15(21)20-16-18-13-9-5-6-10-14(13)19-16/h2-10,22H,11H2,1H3,(H2,18,19,20,21). The number of aromatic nitrogens is 2. The molecule has 1 amide bonds. The van der Waals surface area contributed by atoms with Crippen LogP contribution in [0.1, 0.15) is 18.9 Å². The van der Waals surface area contributed by atoms with Crippen molar-refractivity contribution in [3.63, 3.8) is 0 Å². The normalized spacial score (nSPS) is 13.7. The number of nitrogens with one attached hydrogen (secondary N) is 2. The molecule has 1 unspecified atom stereocenters. The summed E-state index contributed by atoms with van der Waals surface area (Å²) in [5, 5.41) is 13.2. The number of H-pyrrole nitrogens is 1. The van der Waals surface area contributed by atoms with Crippen molar-refractivity contribution in [3.05, 3.63) is 60.2 Å². The molecule has 112 valence electrons. The number of para-hydroxylation sites is 2. The average molecular weight is 295 g/mol. The highest BCUT2D eigenvalue weighted by atomic mass is 16.3. The topological polar surface area (TPSA) is 78.0 Å². The van der Waals surface area contributed by atoms with E-state index < -0.39 is 5.60 Å². The van der Waals surface area contributed by atoms with E-state index in [2.05, 4.69) is 15.3 Å². The predicted octanol–water partition coefficient (Wildman–Crippen LogP) is 2.80. The Morgan fingerprint density at radius 1 is 1.18 bits per heavy atom. The maximum Gasteiger partial charge on any atom is 0.229 e. The molecule has 1 aromatic heterocycles. The summed E-state index contributed by atoms with van der Waals surface area (Å²) < 4.78 is 0. The van der Waals surface area contributed by atoms with E-state index >= 15 is 0 Å². The molecule has 2 aromatic carbocycles. The Balaban J connectivity index is 1.72. The molecule has 1 atom stereocenters. The minimum absolute atomic E-state index is 0.0476. The molecular weight excluding hydrogens is 278 g/mol. The van der Waals surface area contributed by atoms with E-state index in [1.807, 2.05) is 42.5 Å². The molecule has 3 N–H and O–H groups in total. The summed E-state index contributed by atoms with van der Waals surface area (Å²) in [6.07, 6.45) is -0.0476. The fourth-order valence-electron chi connectivity index (χ4n) is 2.40. The zero-order valence-electron chi connectivity index (χ0n) is 12.2. The van der Waals surface area contributed by atoms with Gasteiger partial charge in [0.2, 0.25) is 11.9 Å². The first-order chi connectivity index (χ1) is 10.5. The highest BCUT2D eigenvalue weighted by Gasteiger charge is 2.26. The monoisotopic (exact) mass is 295 g/mol. The molecule has 5 nitrogen and oxygen atoms in total. The second kappa shape index (κ2) is 5.61. The molecule has 0 spiro atoms. The molecule has 3 rings (SSSR count). The molecule has 0 aliphatic rings. The lowest BCUT2D eigenvalue weighted by molar-refractivity contribution is -0.120. The number of amides is 1. The summed E-state index contributed by atoms with van der Waals surface area (Å²) in [5.74, 6) is 0.0861. The van der Waals surface area contributed by atoms with Gasteiger partial charge in [-0.25, -0.2) is 4.98 Å². The van der Waals surface area contributed by atoms with Gasteiger partial charge in [0.25, 0.3) is 0 Å². The zero-order valence-corrected chi connectivity index (χ0v) is 12.2. The molecular formula is C17H17N3O2. The highest BCUT2D eigenvalue weighted by molar-refractivity contribution is 5.91. The van der Waals surface area contributed by atoms with E-state index in [1.54, 1.807) is 19.1 Å². The summed E-state index contributed by atoms with van der Waals surface area (Å²) in [5.41, 5.74) is 1.12. The number of fused-ring (bicyclic) bond motifs is 1. The number of aromatic amines is 1. The molecule has 1 heterocycles. The van der Waals surface area contributed by atoms with E-state index in [-0.39, 0.29) is 12.3 Å². The summed E-state index contributed by atoms with van der Waals surface area (Å²) >= 11 is 0. The molecule has 0 aliphatic heterocycles. The van der Waals surface area contributed by atoms with Gasteiger partial charge in [-0.2, -0.15) is 0 Å².